The monoisotopic (exact) mass is 292 g/mol. The Morgan fingerprint density at radius 1 is 1.24 bits per heavy atom. The van der Waals surface area contributed by atoms with Gasteiger partial charge in [0.2, 0.25) is 5.91 Å². The van der Waals surface area contributed by atoms with Gasteiger partial charge in [0.1, 0.15) is 0 Å². The van der Waals surface area contributed by atoms with E-state index in [1.807, 2.05) is 24.3 Å². The van der Waals surface area contributed by atoms with Gasteiger partial charge in [0.05, 0.1) is 6.42 Å². The maximum atomic E-state index is 11.0. The molecule has 1 aromatic rings. The number of unbranched alkanes of at least 4 members (excludes halogenated alkanes) is 1. The van der Waals surface area contributed by atoms with E-state index in [1.165, 1.54) is 6.92 Å². The summed E-state index contributed by atoms with van der Waals surface area (Å²) in [4.78, 5) is 21.9. The van der Waals surface area contributed by atoms with Crippen molar-refractivity contribution in [3.8, 4) is 0 Å². The van der Waals surface area contributed by atoms with Gasteiger partial charge in [0.15, 0.2) is 0 Å². The first-order chi connectivity index (χ1) is 10.0. The summed E-state index contributed by atoms with van der Waals surface area (Å²) in [7, 11) is 0. The van der Waals surface area contributed by atoms with E-state index < -0.39 is 5.97 Å². The molecule has 5 heteroatoms. The number of hydrogen-bond donors (Lipinski definition) is 3. The SMILES string of the molecule is CCCCNC(CC(=O)O)Cc1ccc(NC(C)=O)cc1. The molecule has 1 unspecified atom stereocenters. The van der Waals surface area contributed by atoms with Gasteiger partial charge in [-0.1, -0.05) is 25.5 Å². The molecule has 1 rings (SSSR count). The molecule has 0 spiro atoms. The molecule has 0 aliphatic heterocycles. The van der Waals surface area contributed by atoms with Gasteiger partial charge in [-0.2, -0.15) is 0 Å². The molecule has 0 aliphatic rings. The van der Waals surface area contributed by atoms with Crippen LogP contribution in [-0.4, -0.2) is 29.6 Å². The standard InChI is InChI=1S/C16H24N2O3/c1-3-4-9-17-15(11-16(20)21)10-13-5-7-14(8-6-13)18-12(2)19/h5-8,15,17H,3-4,9-11H2,1-2H3,(H,18,19)(H,20,21). The molecule has 1 aromatic carbocycles. The molecular weight excluding hydrogens is 268 g/mol. The fourth-order valence-electron chi connectivity index (χ4n) is 2.12. The number of anilines is 1. The van der Waals surface area contributed by atoms with Crippen LogP contribution in [0.5, 0.6) is 0 Å². The van der Waals surface area contributed by atoms with Crippen LogP contribution in [0, 0.1) is 0 Å². The number of benzene rings is 1. The number of carboxylic acid groups (broad SMARTS) is 1. The molecule has 0 aromatic heterocycles. The zero-order valence-electron chi connectivity index (χ0n) is 12.7. The van der Waals surface area contributed by atoms with Gasteiger partial charge in [-0.05, 0) is 37.1 Å². The van der Waals surface area contributed by atoms with E-state index in [9.17, 15) is 9.59 Å². The molecule has 5 nitrogen and oxygen atoms in total. The first kappa shape index (κ1) is 17.2. The second-order valence-corrected chi connectivity index (χ2v) is 5.18. The predicted octanol–water partition coefficient (Wildman–Crippen LogP) is 2.42. The minimum atomic E-state index is -0.793. The summed E-state index contributed by atoms with van der Waals surface area (Å²) in [5, 5.41) is 15.0. The highest BCUT2D eigenvalue weighted by Gasteiger charge is 2.13. The van der Waals surface area contributed by atoms with Crippen molar-refractivity contribution in [1.82, 2.24) is 5.32 Å². The van der Waals surface area contributed by atoms with Crippen LogP contribution in [0.3, 0.4) is 0 Å². The number of rotatable bonds is 9. The number of carbonyl (C=O) groups is 2. The van der Waals surface area contributed by atoms with E-state index in [0.717, 1.165) is 30.6 Å². The van der Waals surface area contributed by atoms with E-state index in [2.05, 4.69) is 17.6 Å². The largest absolute Gasteiger partial charge is 0.481 e. The molecule has 1 atom stereocenters. The molecule has 0 saturated carbocycles. The summed E-state index contributed by atoms with van der Waals surface area (Å²) in [5.41, 5.74) is 1.80. The topological polar surface area (TPSA) is 78.4 Å². The Balaban J connectivity index is 2.59. The fraction of sp³-hybridized carbons (Fsp3) is 0.500. The van der Waals surface area contributed by atoms with Gasteiger partial charge in [-0.25, -0.2) is 0 Å². The lowest BCUT2D eigenvalue weighted by Crippen LogP contribution is -2.34. The molecule has 116 valence electrons. The summed E-state index contributed by atoms with van der Waals surface area (Å²) >= 11 is 0. The zero-order chi connectivity index (χ0) is 15.7. The maximum Gasteiger partial charge on any atom is 0.304 e. The zero-order valence-corrected chi connectivity index (χ0v) is 12.7. The number of nitrogens with one attached hydrogen (secondary N) is 2. The second kappa shape index (κ2) is 9.13. The molecule has 3 N–H and O–H groups in total. The highest BCUT2D eigenvalue weighted by Crippen LogP contribution is 2.12. The average Bonchev–Trinajstić information content (AvgIpc) is 2.40. The molecular formula is C16H24N2O3. The molecule has 1 amide bonds. The second-order valence-electron chi connectivity index (χ2n) is 5.18. The smallest absolute Gasteiger partial charge is 0.304 e. The van der Waals surface area contributed by atoms with Crippen LogP contribution >= 0.6 is 0 Å². The first-order valence-electron chi connectivity index (χ1n) is 7.33. The van der Waals surface area contributed by atoms with Crippen LogP contribution in [0.4, 0.5) is 5.69 Å². The van der Waals surface area contributed by atoms with Crippen molar-refractivity contribution < 1.29 is 14.7 Å². The quantitative estimate of drug-likeness (QED) is 0.611. The van der Waals surface area contributed by atoms with Crippen molar-refractivity contribution in [2.45, 2.75) is 45.6 Å². The van der Waals surface area contributed by atoms with Gasteiger partial charge in [-0.15, -0.1) is 0 Å². The Bertz CT molecular complexity index is 457. The average molecular weight is 292 g/mol. The number of aliphatic carboxylic acids is 1. The molecule has 21 heavy (non-hydrogen) atoms. The van der Waals surface area contributed by atoms with Gasteiger partial charge in [-0.3, -0.25) is 9.59 Å². The van der Waals surface area contributed by atoms with Crippen LogP contribution in [0.25, 0.3) is 0 Å². The van der Waals surface area contributed by atoms with Gasteiger partial charge < -0.3 is 15.7 Å². The van der Waals surface area contributed by atoms with E-state index >= 15 is 0 Å². The third kappa shape index (κ3) is 7.46. The van der Waals surface area contributed by atoms with Crippen LogP contribution < -0.4 is 10.6 Å². The normalized spacial score (nSPS) is 11.9. The van der Waals surface area contributed by atoms with Crippen molar-refractivity contribution in [3.05, 3.63) is 29.8 Å². The van der Waals surface area contributed by atoms with Crippen molar-refractivity contribution in [2.24, 2.45) is 0 Å². The highest BCUT2D eigenvalue weighted by molar-refractivity contribution is 5.88. The summed E-state index contributed by atoms with van der Waals surface area (Å²) in [6.07, 6.45) is 2.89. The molecule has 0 heterocycles. The van der Waals surface area contributed by atoms with Crippen LogP contribution in [-0.2, 0) is 16.0 Å². The van der Waals surface area contributed by atoms with Crippen LogP contribution in [0.1, 0.15) is 38.7 Å². The van der Waals surface area contributed by atoms with Gasteiger partial charge in [0.25, 0.3) is 0 Å². The molecule has 0 fully saturated rings. The van der Waals surface area contributed by atoms with E-state index in [0.29, 0.717) is 6.42 Å². The molecule has 0 bridgehead atoms. The Labute approximate surface area is 125 Å². The third-order valence-electron chi connectivity index (χ3n) is 3.14. The van der Waals surface area contributed by atoms with Crippen molar-refractivity contribution in [1.29, 1.82) is 0 Å². The fourth-order valence-corrected chi connectivity index (χ4v) is 2.12. The minimum absolute atomic E-state index is 0.0688. The van der Waals surface area contributed by atoms with Crippen LogP contribution in [0.15, 0.2) is 24.3 Å². The summed E-state index contributed by atoms with van der Waals surface area (Å²) in [6, 6.07) is 7.44. The van der Waals surface area contributed by atoms with E-state index in [1.54, 1.807) is 0 Å². The number of carboxylic acids is 1. The lowest BCUT2D eigenvalue weighted by Gasteiger charge is -2.17. The predicted molar refractivity (Wildman–Crippen MR) is 83.4 cm³/mol. The Morgan fingerprint density at radius 3 is 2.43 bits per heavy atom. The van der Waals surface area contributed by atoms with Gasteiger partial charge in [0, 0.05) is 18.7 Å². The summed E-state index contributed by atoms with van der Waals surface area (Å²) in [5.74, 6) is -0.897. The Kier molecular flexibility index (Phi) is 7.46. The van der Waals surface area contributed by atoms with E-state index in [4.69, 9.17) is 5.11 Å². The van der Waals surface area contributed by atoms with Crippen molar-refractivity contribution in [3.63, 3.8) is 0 Å². The van der Waals surface area contributed by atoms with Crippen molar-refractivity contribution >= 4 is 17.6 Å². The third-order valence-corrected chi connectivity index (χ3v) is 3.14. The van der Waals surface area contributed by atoms with Crippen molar-refractivity contribution in [2.75, 3.05) is 11.9 Å². The molecule has 0 radical (unpaired) electrons. The number of carbonyl (C=O) groups excluding carboxylic acids is 1. The maximum absolute atomic E-state index is 11.0. The molecule has 0 aliphatic carbocycles. The Morgan fingerprint density at radius 2 is 1.90 bits per heavy atom. The van der Waals surface area contributed by atoms with E-state index in [-0.39, 0.29) is 18.4 Å². The first-order valence-corrected chi connectivity index (χ1v) is 7.33. The number of hydrogen-bond acceptors (Lipinski definition) is 3. The highest BCUT2D eigenvalue weighted by atomic mass is 16.4. The summed E-state index contributed by atoms with van der Waals surface area (Å²) < 4.78 is 0. The lowest BCUT2D eigenvalue weighted by atomic mass is 10.0. The minimum Gasteiger partial charge on any atom is -0.481 e. The number of amides is 1. The Hall–Kier alpha value is -1.88. The lowest BCUT2D eigenvalue weighted by molar-refractivity contribution is -0.137. The van der Waals surface area contributed by atoms with Gasteiger partial charge >= 0.3 is 5.97 Å². The van der Waals surface area contributed by atoms with Crippen LogP contribution in [0.2, 0.25) is 0 Å². The summed E-state index contributed by atoms with van der Waals surface area (Å²) in [6.45, 7) is 4.40. The molecule has 0 saturated heterocycles.